The molecule has 0 amide bonds. The molecular weight excluding hydrogens is 488 g/mol. The van der Waals surface area contributed by atoms with E-state index in [2.05, 4.69) is 24.8 Å². The van der Waals surface area contributed by atoms with Gasteiger partial charge >= 0.3 is 6.01 Å². The zero-order chi connectivity index (χ0) is 27.0. The van der Waals surface area contributed by atoms with Crippen molar-refractivity contribution >= 4 is 33.2 Å². The molecular formula is C29H29F2N5O2. The number of fused-ring (bicyclic) bond motifs is 2. The van der Waals surface area contributed by atoms with Gasteiger partial charge in [0, 0.05) is 37.6 Å². The maximum Gasteiger partial charge on any atom is 0.318 e. The Hall–Kier alpha value is -4.14. The lowest BCUT2D eigenvalue weighted by Crippen LogP contribution is -2.27. The number of benzene rings is 2. The average Bonchev–Trinajstić information content (AvgIpc) is 3.14. The first kappa shape index (κ1) is 25.5. The lowest BCUT2D eigenvalue weighted by molar-refractivity contribution is 0.381. The van der Waals surface area contributed by atoms with Crippen molar-refractivity contribution in [2.75, 3.05) is 32.1 Å². The SMILES string of the molecule is C/C=C1/CN(c2nc(OC)nc3c(F)c(-c4cc(O)cc5ccc(F)c(CC)c45)ncc23)CCC/C1=N/C. The van der Waals surface area contributed by atoms with Gasteiger partial charge in [0.15, 0.2) is 5.82 Å². The zero-order valence-corrected chi connectivity index (χ0v) is 21.8. The third kappa shape index (κ3) is 4.31. The molecule has 0 atom stereocenters. The minimum atomic E-state index is -0.695. The van der Waals surface area contributed by atoms with Gasteiger partial charge in [0.1, 0.15) is 28.6 Å². The van der Waals surface area contributed by atoms with Crippen molar-refractivity contribution < 1.29 is 18.6 Å². The van der Waals surface area contributed by atoms with Gasteiger partial charge in [-0.1, -0.05) is 19.1 Å². The number of phenols is 1. The number of aryl methyl sites for hydroxylation is 1. The quantitative estimate of drug-likeness (QED) is 0.357. The van der Waals surface area contributed by atoms with Crippen LogP contribution in [0, 0.1) is 11.6 Å². The number of hydrogen-bond acceptors (Lipinski definition) is 7. The summed E-state index contributed by atoms with van der Waals surface area (Å²) in [4.78, 5) is 19.9. The smallest absolute Gasteiger partial charge is 0.318 e. The van der Waals surface area contributed by atoms with Crippen LogP contribution in [0.3, 0.4) is 0 Å². The highest BCUT2D eigenvalue weighted by atomic mass is 19.1. The van der Waals surface area contributed by atoms with Crippen LogP contribution in [-0.4, -0.2) is 53.0 Å². The second kappa shape index (κ2) is 10.3. The molecule has 38 heavy (non-hydrogen) atoms. The number of aliphatic imine (C=N–C) groups is 1. The standard InChI is InChI=1S/C29H29F2N5O2/c1-5-16-15-36(11-7-8-23(16)32-3)28-21-14-33-26(25(31)27(21)34-29(35-28)38-4)20-13-18(37)12-17-9-10-22(30)19(6-2)24(17)20/h5,9-10,12-14,37H,6-8,11,15H2,1-4H3/b16-5-,32-23-. The molecule has 4 aromatic rings. The maximum atomic E-state index is 16.3. The second-order valence-electron chi connectivity index (χ2n) is 9.20. The number of pyridine rings is 1. The van der Waals surface area contributed by atoms with Gasteiger partial charge in [-0.3, -0.25) is 9.98 Å². The minimum Gasteiger partial charge on any atom is -0.508 e. The molecule has 1 fully saturated rings. The molecule has 0 unspecified atom stereocenters. The van der Waals surface area contributed by atoms with Crippen LogP contribution >= 0.6 is 0 Å². The van der Waals surface area contributed by atoms with Gasteiger partial charge in [-0.2, -0.15) is 9.97 Å². The van der Waals surface area contributed by atoms with Gasteiger partial charge in [-0.25, -0.2) is 8.78 Å². The van der Waals surface area contributed by atoms with Crippen molar-refractivity contribution in [1.82, 2.24) is 15.0 Å². The predicted octanol–water partition coefficient (Wildman–Crippen LogP) is 6.02. The van der Waals surface area contributed by atoms with Crippen LogP contribution < -0.4 is 9.64 Å². The molecule has 0 saturated carbocycles. The van der Waals surface area contributed by atoms with Crippen molar-refractivity contribution in [2.24, 2.45) is 4.99 Å². The molecule has 7 nitrogen and oxygen atoms in total. The van der Waals surface area contributed by atoms with E-state index in [9.17, 15) is 9.50 Å². The first-order chi connectivity index (χ1) is 18.4. The summed E-state index contributed by atoms with van der Waals surface area (Å²) in [6, 6.07) is 5.90. The summed E-state index contributed by atoms with van der Waals surface area (Å²) in [5.41, 5.74) is 2.86. The summed E-state index contributed by atoms with van der Waals surface area (Å²) in [7, 11) is 3.23. The molecule has 2 aromatic heterocycles. The number of nitrogens with zero attached hydrogens (tertiary/aromatic N) is 5. The lowest BCUT2D eigenvalue weighted by atomic mass is 9.94. The summed E-state index contributed by atoms with van der Waals surface area (Å²) in [6.45, 7) is 5.05. The normalized spacial score (nSPS) is 16.5. The first-order valence-corrected chi connectivity index (χ1v) is 12.6. The summed E-state index contributed by atoms with van der Waals surface area (Å²) in [6.07, 6.45) is 5.66. The van der Waals surface area contributed by atoms with Crippen molar-refractivity contribution in [3.63, 3.8) is 0 Å². The van der Waals surface area contributed by atoms with E-state index in [0.717, 1.165) is 24.1 Å². The Bertz CT molecular complexity index is 1620. The average molecular weight is 518 g/mol. The number of allylic oxidation sites excluding steroid dienone is 1. The number of methoxy groups -OCH3 is 1. The Kier molecular flexibility index (Phi) is 6.93. The van der Waals surface area contributed by atoms with E-state index in [4.69, 9.17) is 4.74 Å². The largest absolute Gasteiger partial charge is 0.508 e. The molecule has 1 N–H and O–H groups in total. The van der Waals surface area contributed by atoms with Gasteiger partial charge in [-0.15, -0.1) is 0 Å². The van der Waals surface area contributed by atoms with Gasteiger partial charge in [0.2, 0.25) is 0 Å². The van der Waals surface area contributed by atoms with E-state index in [-0.39, 0.29) is 23.0 Å². The number of rotatable bonds is 4. The molecule has 3 heterocycles. The number of hydrogen-bond donors (Lipinski definition) is 1. The van der Waals surface area contributed by atoms with E-state index in [1.807, 2.05) is 19.9 Å². The fraction of sp³-hybridized carbons (Fsp3) is 0.310. The number of halogens is 2. The topological polar surface area (TPSA) is 83.7 Å². The fourth-order valence-electron chi connectivity index (χ4n) is 5.24. The van der Waals surface area contributed by atoms with Crippen LogP contribution in [0.4, 0.5) is 14.6 Å². The Balaban J connectivity index is 1.75. The molecule has 0 spiro atoms. The van der Waals surface area contributed by atoms with Crippen molar-refractivity contribution in [3.05, 3.63) is 59.3 Å². The number of ether oxygens (including phenoxy) is 1. The number of phenolic OH excluding ortho intramolecular Hbond substituents is 1. The summed E-state index contributed by atoms with van der Waals surface area (Å²) in [5.74, 6) is -0.641. The van der Waals surface area contributed by atoms with Gasteiger partial charge in [-0.05, 0) is 66.3 Å². The Morgan fingerprint density at radius 3 is 2.74 bits per heavy atom. The van der Waals surface area contributed by atoms with Crippen molar-refractivity contribution in [3.8, 4) is 23.0 Å². The van der Waals surface area contributed by atoms with E-state index < -0.39 is 11.6 Å². The molecule has 5 rings (SSSR count). The zero-order valence-electron chi connectivity index (χ0n) is 21.8. The van der Waals surface area contributed by atoms with E-state index in [0.29, 0.717) is 52.6 Å². The molecule has 2 aromatic carbocycles. The predicted molar refractivity (Wildman–Crippen MR) is 146 cm³/mol. The minimum absolute atomic E-state index is 0.0280. The van der Waals surface area contributed by atoms with Gasteiger partial charge < -0.3 is 14.7 Å². The molecule has 9 heteroatoms. The Labute approximate surface area is 219 Å². The lowest BCUT2D eigenvalue weighted by Gasteiger charge is -2.24. The van der Waals surface area contributed by atoms with Crippen LogP contribution in [0.1, 0.15) is 32.3 Å². The molecule has 1 aliphatic rings. The maximum absolute atomic E-state index is 16.3. The highest BCUT2D eigenvalue weighted by Crippen LogP contribution is 2.39. The van der Waals surface area contributed by atoms with Gasteiger partial charge in [0.05, 0.1) is 12.5 Å². The number of aromatic nitrogens is 3. The summed E-state index contributed by atoms with van der Waals surface area (Å²) in [5, 5.41) is 12.0. The highest BCUT2D eigenvalue weighted by molar-refractivity contribution is 6.03. The van der Waals surface area contributed by atoms with Crippen LogP contribution in [0.15, 0.2) is 47.1 Å². The monoisotopic (exact) mass is 517 g/mol. The van der Waals surface area contributed by atoms with E-state index >= 15 is 4.39 Å². The molecule has 1 saturated heterocycles. The third-order valence-corrected chi connectivity index (χ3v) is 7.08. The number of anilines is 1. The van der Waals surface area contributed by atoms with Crippen LogP contribution in [0.2, 0.25) is 0 Å². The fourth-order valence-corrected chi connectivity index (χ4v) is 5.24. The first-order valence-electron chi connectivity index (χ1n) is 12.6. The summed E-state index contributed by atoms with van der Waals surface area (Å²) < 4.78 is 36.4. The number of aromatic hydroxyl groups is 1. The molecule has 0 aliphatic carbocycles. The third-order valence-electron chi connectivity index (χ3n) is 7.08. The van der Waals surface area contributed by atoms with E-state index in [1.54, 1.807) is 19.3 Å². The van der Waals surface area contributed by atoms with Crippen molar-refractivity contribution in [1.29, 1.82) is 0 Å². The van der Waals surface area contributed by atoms with Crippen molar-refractivity contribution in [2.45, 2.75) is 33.1 Å². The second-order valence-corrected chi connectivity index (χ2v) is 9.20. The van der Waals surface area contributed by atoms with Crippen LogP contribution in [0.25, 0.3) is 32.9 Å². The highest BCUT2D eigenvalue weighted by Gasteiger charge is 2.25. The van der Waals surface area contributed by atoms with E-state index in [1.165, 1.54) is 25.3 Å². The molecule has 0 bridgehead atoms. The Morgan fingerprint density at radius 2 is 2.03 bits per heavy atom. The van der Waals surface area contributed by atoms with Crippen LogP contribution in [0.5, 0.6) is 11.8 Å². The van der Waals surface area contributed by atoms with Crippen LogP contribution in [-0.2, 0) is 6.42 Å². The Morgan fingerprint density at radius 1 is 1.21 bits per heavy atom. The van der Waals surface area contributed by atoms with Gasteiger partial charge in [0.25, 0.3) is 0 Å². The summed E-state index contributed by atoms with van der Waals surface area (Å²) >= 11 is 0. The molecule has 196 valence electrons. The molecule has 1 aliphatic heterocycles. The molecule has 0 radical (unpaired) electrons.